The summed E-state index contributed by atoms with van der Waals surface area (Å²) < 4.78 is 5.77. The van der Waals surface area contributed by atoms with E-state index in [0.717, 1.165) is 40.4 Å². The van der Waals surface area contributed by atoms with Gasteiger partial charge < -0.3 is 4.90 Å². The van der Waals surface area contributed by atoms with Gasteiger partial charge in [-0.25, -0.2) is 9.97 Å². The number of benzene rings is 1. The van der Waals surface area contributed by atoms with Crippen LogP contribution in [0.5, 0.6) is 0 Å². The minimum Gasteiger partial charge on any atom is -0.355 e. The quantitative estimate of drug-likeness (QED) is 0.716. The van der Waals surface area contributed by atoms with Crippen molar-refractivity contribution >= 4 is 27.6 Å². The lowest BCUT2D eigenvalue weighted by atomic mass is 10.1. The molecule has 1 aliphatic heterocycles. The molecule has 3 aromatic rings. The third kappa shape index (κ3) is 2.35. The fourth-order valence-corrected chi connectivity index (χ4v) is 3.86. The summed E-state index contributed by atoms with van der Waals surface area (Å²) >= 11 is 1.52. The number of aromatic nitrogens is 3. The Kier molecular flexibility index (Phi) is 3.50. The van der Waals surface area contributed by atoms with Gasteiger partial charge in [0.1, 0.15) is 22.2 Å². The molecule has 0 spiro atoms. The lowest BCUT2D eigenvalue weighted by molar-refractivity contribution is 0.575. The number of hydrogen-bond donors (Lipinski definition) is 0. The van der Waals surface area contributed by atoms with Crippen molar-refractivity contribution in [3.05, 3.63) is 36.2 Å². The summed E-state index contributed by atoms with van der Waals surface area (Å²) in [6, 6.07) is 8.47. The highest BCUT2D eigenvalue weighted by Crippen LogP contribution is 2.34. The zero-order valence-electron chi connectivity index (χ0n) is 12.6. The van der Waals surface area contributed by atoms with E-state index in [2.05, 4.69) is 50.4 Å². The van der Waals surface area contributed by atoms with Crippen molar-refractivity contribution < 1.29 is 0 Å². The van der Waals surface area contributed by atoms with E-state index in [9.17, 15) is 0 Å². The monoisotopic (exact) mass is 310 g/mol. The maximum absolute atomic E-state index is 4.66. The van der Waals surface area contributed by atoms with Crippen LogP contribution in [0.3, 0.4) is 0 Å². The van der Waals surface area contributed by atoms with E-state index in [1.165, 1.54) is 36.4 Å². The number of piperidine rings is 1. The van der Waals surface area contributed by atoms with Gasteiger partial charge in [-0.1, -0.05) is 29.8 Å². The average molecular weight is 310 g/mol. The molecule has 0 N–H and O–H groups in total. The van der Waals surface area contributed by atoms with Gasteiger partial charge >= 0.3 is 0 Å². The summed E-state index contributed by atoms with van der Waals surface area (Å²) in [7, 11) is 0. The van der Waals surface area contributed by atoms with Crippen molar-refractivity contribution in [2.45, 2.75) is 26.2 Å². The molecular weight excluding hydrogens is 292 g/mol. The van der Waals surface area contributed by atoms with Crippen LogP contribution in [0.4, 0.5) is 5.82 Å². The first-order valence-electron chi connectivity index (χ1n) is 7.75. The van der Waals surface area contributed by atoms with Crippen LogP contribution in [0.15, 0.2) is 30.6 Å². The minimum absolute atomic E-state index is 0.973. The van der Waals surface area contributed by atoms with E-state index >= 15 is 0 Å². The van der Waals surface area contributed by atoms with Gasteiger partial charge in [-0.3, -0.25) is 0 Å². The van der Waals surface area contributed by atoms with Gasteiger partial charge in [0.25, 0.3) is 0 Å². The van der Waals surface area contributed by atoms with Crippen LogP contribution in [0.25, 0.3) is 21.5 Å². The summed E-state index contributed by atoms with van der Waals surface area (Å²) in [6.45, 7) is 4.27. The second-order valence-corrected chi connectivity index (χ2v) is 6.59. The Morgan fingerprint density at radius 3 is 2.55 bits per heavy atom. The molecule has 2 aromatic heterocycles. The number of aryl methyl sites for hydroxylation is 1. The van der Waals surface area contributed by atoms with Gasteiger partial charge in [-0.15, -0.1) is 0 Å². The number of anilines is 1. The van der Waals surface area contributed by atoms with Crippen LogP contribution >= 0.6 is 11.5 Å². The van der Waals surface area contributed by atoms with Gasteiger partial charge in [0.05, 0.1) is 0 Å². The number of fused-ring (bicyclic) bond motifs is 1. The Morgan fingerprint density at radius 2 is 1.77 bits per heavy atom. The zero-order valence-corrected chi connectivity index (χ0v) is 13.4. The molecule has 1 aliphatic rings. The van der Waals surface area contributed by atoms with E-state index in [1.807, 2.05) is 0 Å². The smallest absolute Gasteiger partial charge is 0.151 e. The van der Waals surface area contributed by atoms with Crippen molar-refractivity contribution in [2.75, 3.05) is 18.0 Å². The number of rotatable bonds is 2. The molecule has 0 radical (unpaired) electrons. The molecule has 0 saturated carbocycles. The maximum atomic E-state index is 4.66. The molecular formula is C17H18N4S. The fraction of sp³-hybridized carbons (Fsp3) is 0.353. The van der Waals surface area contributed by atoms with Crippen molar-refractivity contribution in [1.29, 1.82) is 0 Å². The van der Waals surface area contributed by atoms with Crippen LogP contribution in [0.2, 0.25) is 0 Å². The molecule has 4 nitrogen and oxygen atoms in total. The molecule has 112 valence electrons. The Balaban J connectivity index is 1.80. The molecule has 0 unspecified atom stereocenters. The molecule has 22 heavy (non-hydrogen) atoms. The molecule has 0 atom stereocenters. The Hall–Kier alpha value is -2.01. The highest BCUT2D eigenvalue weighted by atomic mass is 32.1. The number of nitrogens with zero attached hydrogens (tertiary/aromatic N) is 4. The maximum Gasteiger partial charge on any atom is 0.151 e. The Labute approximate surface area is 134 Å². The third-order valence-electron chi connectivity index (χ3n) is 4.22. The van der Waals surface area contributed by atoms with Crippen LogP contribution in [0.1, 0.15) is 24.8 Å². The zero-order chi connectivity index (χ0) is 14.9. The highest BCUT2D eigenvalue weighted by molar-refractivity contribution is 7.14. The van der Waals surface area contributed by atoms with Crippen LogP contribution < -0.4 is 4.90 Å². The van der Waals surface area contributed by atoms with Gasteiger partial charge in [0, 0.05) is 18.7 Å². The van der Waals surface area contributed by atoms with E-state index < -0.39 is 0 Å². The molecule has 0 bridgehead atoms. The fourth-order valence-electron chi connectivity index (χ4n) is 2.98. The van der Waals surface area contributed by atoms with Crippen LogP contribution in [-0.4, -0.2) is 27.4 Å². The standard InChI is InChI=1S/C17H18N4S/c1-12-5-7-13(8-6-12)14-15-16(22-20-14)17(19-11-18-15)21-9-3-2-4-10-21/h5-8,11H,2-4,9-10H2,1H3. The van der Waals surface area contributed by atoms with Gasteiger partial charge in [0.2, 0.25) is 0 Å². The lowest BCUT2D eigenvalue weighted by Crippen LogP contribution is -2.30. The molecule has 0 aliphatic carbocycles. The third-order valence-corrected chi connectivity index (χ3v) is 5.05. The lowest BCUT2D eigenvalue weighted by Gasteiger charge is -2.27. The van der Waals surface area contributed by atoms with Gasteiger partial charge in [-0.2, -0.15) is 4.37 Å². The van der Waals surface area contributed by atoms with E-state index in [4.69, 9.17) is 0 Å². The summed E-state index contributed by atoms with van der Waals surface area (Å²) in [5.74, 6) is 1.06. The topological polar surface area (TPSA) is 41.9 Å². The van der Waals surface area contributed by atoms with Crippen LogP contribution in [0, 0.1) is 6.92 Å². The summed E-state index contributed by atoms with van der Waals surface area (Å²) in [5.41, 5.74) is 4.33. The molecule has 1 fully saturated rings. The first kappa shape index (κ1) is 13.6. The second-order valence-electron chi connectivity index (χ2n) is 5.82. The summed E-state index contributed by atoms with van der Waals surface area (Å²) in [6.07, 6.45) is 5.49. The summed E-state index contributed by atoms with van der Waals surface area (Å²) in [4.78, 5) is 11.4. The first-order chi connectivity index (χ1) is 10.8. The molecule has 0 amide bonds. The highest BCUT2D eigenvalue weighted by Gasteiger charge is 2.19. The predicted molar refractivity (Wildman–Crippen MR) is 91.4 cm³/mol. The first-order valence-corrected chi connectivity index (χ1v) is 8.52. The van der Waals surface area contributed by atoms with E-state index in [1.54, 1.807) is 6.33 Å². The van der Waals surface area contributed by atoms with Crippen LogP contribution in [-0.2, 0) is 0 Å². The summed E-state index contributed by atoms with van der Waals surface area (Å²) in [5, 5.41) is 0. The molecule has 1 saturated heterocycles. The van der Waals surface area contributed by atoms with E-state index in [-0.39, 0.29) is 0 Å². The Morgan fingerprint density at radius 1 is 1.00 bits per heavy atom. The van der Waals surface area contributed by atoms with Gasteiger partial charge in [-0.05, 0) is 37.7 Å². The average Bonchev–Trinajstić information content (AvgIpc) is 3.00. The largest absolute Gasteiger partial charge is 0.355 e. The minimum atomic E-state index is 0.973. The van der Waals surface area contributed by atoms with E-state index in [0.29, 0.717) is 0 Å². The SMILES string of the molecule is Cc1ccc(-c2nsc3c(N4CCCCC4)ncnc23)cc1. The second kappa shape index (κ2) is 5.65. The van der Waals surface area contributed by atoms with Gasteiger partial charge in [0.15, 0.2) is 5.82 Å². The predicted octanol–water partition coefficient (Wildman–Crippen LogP) is 4.05. The molecule has 3 heterocycles. The normalized spacial score (nSPS) is 15.4. The molecule has 4 rings (SSSR count). The molecule has 5 heteroatoms. The Bertz CT molecular complexity index is 788. The number of hydrogen-bond acceptors (Lipinski definition) is 5. The van der Waals surface area contributed by atoms with Crippen molar-refractivity contribution in [1.82, 2.24) is 14.3 Å². The molecule has 1 aromatic carbocycles. The van der Waals surface area contributed by atoms with Crippen molar-refractivity contribution in [2.24, 2.45) is 0 Å². The van der Waals surface area contributed by atoms with Crippen molar-refractivity contribution in [3.63, 3.8) is 0 Å². The van der Waals surface area contributed by atoms with Crippen molar-refractivity contribution in [3.8, 4) is 11.3 Å².